The fraction of sp³-hybridized carbons (Fsp3) is 0.333. The van der Waals surface area contributed by atoms with Gasteiger partial charge in [-0.05, 0) is 12.1 Å². The first-order chi connectivity index (χ1) is 5.08. The summed E-state index contributed by atoms with van der Waals surface area (Å²) in [6, 6.07) is 3.47. The third-order valence-electron chi connectivity index (χ3n) is 0.958. The molecule has 0 aliphatic rings. The molecular weight excluding hydrogens is 210 g/mol. The van der Waals surface area contributed by atoms with E-state index in [4.69, 9.17) is 44.0 Å². The van der Waals surface area contributed by atoms with Gasteiger partial charge in [0.2, 0.25) is 0 Å². The molecule has 0 saturated carbocycles. The fourth-order valence-corrected chi connectivity index (χ4v) is 0.711. The highest BCUT2D eigenvalue weighted by atomic mass is 35.6. The third kappa shape index (κ3) is 3.87. The Hall–Kier alpha value is 0.110. The summed E-state index contributed by atoms with van der Waals surface area (Å²) in [4.78, 5) is 0. The van der Waals surface area contributed by atoms with Crippen molar-refractivity contribution in [2.45, 2.75) is 10.6 Å². The van der Waals surface area contributed by atoms with E-state index in [1.54, 1.807) is 12.1 Å². The average molecular weight is 215 g/mol. The van der Waals surface area contributed by atoms with E-state index < -0.39 is 3.98 Å². The first kappa shape index (κ1) is 9.20. The average Bonchev–Trinajstić information content (AvgIpc) is 2.32. The molecule has 0 radical (unpaired) electrons. The summed E-state index contributed by atoms with van der Waals surface area (Å²) in [6.45, 7) is 0.156. The lowest BCUT2D eigenvalue weighted by molar-refractivity contribution is 0.101. The van der Waals surface area contributed by atoms with Crippen molar-refractivity contribution in [2.75, 3.05) is 0 Å². The lowest BCUT2D eigenvalue weighted by Gasteiger charge is -2.09. The summed E-state index contributed by atoms with van der Waals surface area (Å²) in [5.74, 6) is 0.622. The minimum Gasteiger partial charge on any atom is -0.467 e. The maximum absolute atomic E-state index is 5.32. The van der Waals surface area contributed by atoms with E-state index in [0.717, 1.165) is 0 Å². The minimum atomic E-state index is -1.67. The number of hydrogen-bond acceptors (Lipinski definition) is 2. The topological polar surface area (TPSA) is 22.4 Å². The molecule has 62 valence electrons. The lowest BCUT2D eigenvalue weighted by atomic mass is 10.5. The molecule has 1 heterocycles. The zero-order valence-electron chi connectivity index (χ0n) is 5.39. The fourth-order valence-electron chi connectivity index (χ4n) is 0.548. The largest absolute Gasteiger partial charge is 0.467 e. The Morgan fingerprint density at radius 2 is 2.18 bits per heavy atom. The van der Waals surface area contributed by atoms with Crippen LogP contribution in [0.15, 0.2) is 22.8 Å². The quantitative estimate of drug-likeness (QED) is 0.707. The number of hydrogen-bond donors (Lipinski definition) is 0. The number of ether oxygens (including phenoxy) is 1. The Morgan fingerprint density at radius 1 is 1.45 bits per heavy atom. The van der Waals surface area contributed by atoms with Gasteiger partial charge in [-0.1, -0.05) is 34.8 Å². The van der Waals surface area contributed by atoms with Crippen molar-refractivity contribution in [1.82, 2.24) is 0 Å². The number of alkyl halides is 3. The van der Waals surface area contributed by atoms with Crippen LogP contribution in [0.3, 0.4) is 0 Å². The summed E-state index contributed by atoms with van der Waals surface area (Å²) in [6.07, 6.45) is 1.52. The van der Waals surface area contributed by atoms with Crippen molar-refractivity contribution in [2.24, 2.45) is 0 Å². The van der Waals surface area contributed by atoms with Gasteiger partial charge in [-0.2, -0.15) is 0 Å². The third-order valence-corrected chi connectivity index (χ3v) is 1.29. The highest BCUT2D eigenvalue weighted by Gasteiger charge is 2.20. The first-order valence-corrected chi connectivity index (χ1v) is 3.94. The molecule has 0 fully saturated rings. The zero-order chi connectivity index (χ0) is 8.32. The number of furan rings is 1. The van der Waals surface area contributed by atoms with Crippen molar-refractivity contribution in [3.63, 3.8) is 0 Å². The van der Waals surface area contributed by atoms with Gasteiger partial charge >= 0.3 is 0 Å². The van der Waals surface area contributed by atoms with Crippen molar-refractivity contribution in [3.05, 3.63) is 24.2 Å². The smallest absolute Gasteiger partial charge is 0.297 e. The molecule has 0 bridgehead atoms. The Bertz CT molecular complexity index is 202. The molecule has 0 atom stereocenters. The van der Waals surface area contributed by atoms with E-state index in [2.05, 4.69) is 0 Å². The molecule has 1 aromatic heterocycles. The predicted octanol–water partition coefficient (Wildman–Crippen LogP) is 3.12. The van der Waals surface area contributed by atoms with Gasteiger partial charge in [-0.3, -0.25) is 0 Å². The molecule has 0 amide bonds. The van der Waals surface area contributed by atoms with Crippen molar-refractivity contribution < 1.29 is 9.15 Å². The molecule has 5 heteroatoms. The Balaban J connectivity index is 2.35. The summed E-state index contributed by atoms with van der Waals surface area (Å²) in [5, 5.41) is 0. The molecule has 0 spiro atoms. The monoisotopic (exact) mass is 214 g/mol. The molecule has 0 aliphatic heterocycles. The van der Waals surface area contributed by atoms with E-state index in [0.29, 0.717) is 5.76 Å². The minimum absolute atomic E-state index is 0.156. The maximum Gasteiger partial charge on any atom is 0.297 e. The summed E-state index contributed by atoms with van der Waals surface area (Å²) in [7, 11) is 0. The van der Waals surface area contributed by atoms with Gasteiger partial charge in [-0.25, -0.2) is 0 Å². The Morgan fingerprint density at radius 3 is 2.64 bits per heavy atom. The molecule has 0 unspecified atom stereocenters. The highest BCUT2D eigenvalue weighted by molar-refractivity contribution is 6.66. The zero-order valence-corrected chi connectivity index (χ0v) is 7.66. The van der Waals surface area contributed by atoms with Gasteiger partial charge in [0.1, 0.15) is 12.4 Å². The van der Waals surface area contributed by atoms with Crippen molar-refractivity contribution >= 4 is 34.8 Å². The Kier molecular flexibility index (Phi) is 3.07. The van der Waals surface area contributed by atoms with Crippen molar-refractivity contribution in [3.8, 4) is 0 Å². The molecule has 11 heavy (non-hydrogen) atoms. The van der Waals surface area contributed by atoms with E-state index in [9.17, 15) is 0 Å². The molecule has 1 rings (SSSR count). The molecular formula is C6H5Cl3O2. The molecule has 1 aromatic rings. The number of rotatable bonds is 2. The van der Waals surface area contributed by atoms with Gasteiger partial charge in [0.15, 0.2) is 0 Å². The number of halogens is 3. The van der Waals surface area contributed by atoms with Gasteiger partial charge in [0.05, 0.1) is 6.26 Å². The van der Waals surface area contributed by atoms with E-state index in [1.807, 2.05) is 0 Å². The van der Waals surface area contributed by atoms with Crippen LogP contribution in [0.25, 0.3) is 0 Å². The molecule has 0 N–H and O–H groups in total. The van der Waals surface area contributed by atoms with E-state index in [-0.39, 0.29) is 6.61 Å². The van der Waals surface area contributed by atoms with Crippen LogP contribution in [0, 0.1) is 0 Å². The second-order valence-electron chi connectivity index (χ2n) is 1.81. The summed E-state index contributed by atoms with van der Waals surface area (Å²) < 4.78 is 8.03. The van der Waals surface area contributed by atoms with E-state index in [1.165, 1.54) is 6.26 Å². The molecule has 0 saturated heterocycles. The van der Waals surface area contributed by atoms with Crippen LogP contribution in [0.1, 0.15) is 5.76 Å². The summed E-state index contributed by atoms with van der Waals surface area (Å²) >= 11 is 16.0. The van der Waals surface area contributed by atoms with E-state index >= 15 is 0 Å². The standard InChI is InChI=1S/C6H5Cl3O2/c7-6(8,9)11-4-5-2-1-3-10-5/h1-3H,4H2. The normalized spacial score (nSPS) is 11.9. The van der Waals surface area contributed by atoms with Crippen LogP contribution in [0.2, 0.25) is 0 Å². The SMILES string of the molecule is ClC(Cl)(Cl)OCc1ccco1. The summed E-state index contributed by atoms with van der Waals surface area (Å²) in [5.41, 5.74) is 0. The van der Waals surface area contributed by atoms with Crippen LogP contribution in [0.4, 0.5) is 0 Å². The predicted molar refractivity (Wildman–Crippen MR) is 43.8 cm³/mol. The van der Waals surface area contributed by atoms with Gasteiger partial charge in [-0.15, -0.1) is 0 Å². The van der Waals surface area contributed by atoms with Gasteiger partial charge in [0, 0.05) is 0 Å². The second kappa shape index (κ2) is 3.68. The highest BCUT2D eigenvalue weighted by Crippen LogP contribution is 2.28. The molecule has 0 aliphatic carbocycles. The maximum atomic E-state index is 5.32. The molecule has 2 nitrogen and oxygen atoms in total. The molecule has 0 aromatic carbocycles. The second-order valence-corrected chi connectivity index (χ2v) is 3.99. The Labute approximate surface area is 79.0 Å². The van der Waals surface area contributed by atoms with Crippen LogP contribution < -0.4 is 0 Å². The van der Waals surface area contributed by atoms with Crippen LogP contribution >= 0.6 is 34.8 Å². The van der Waals surface area contributed by atoms with Crippen LogP contribution in [-0.4, -0.2) is 3.98 Å². The van der Waals surface area contributed by atoms with Gasteiger partial charge < -0.3 is 9.15 Å². The first-order valence-electron chi connectivity index (χ1n) is 2.81. The van der Waals surface area contributed by atoms with Crippen LogP contribution in [0.5, 0.6) is 0 Å². The lowest BCUT2D eigenvalue weighted by Crippen LogP contribution is -2.07. The van der Waals surface area contributed by atoms with Crippen molar-refractivity contribution in [1.29, 1.82) is 0 Å². The van der Waals surface area contributed by atoms with Gasteiger partial charge in [0.25, 0.3) is 3.98 Å². The van der Waals surface area contributed by atoms with Crippen LogP contribution in [-0.2, 0) is 11.3 Å².